The fourth-order valence-electron chi connectivity index (χ4n) is 2.28. The van der Waals surface area contributed by atoms with E-state index in [1.165, 1.54) is 32.8 Å². The molecule has 5 heteroatoms. The second-order valence-electron chi connectivity index (χ2n) is 5.03. The molecule has 1 heterocycles. The first-order valence-electron chi connectivity index (χ1n) is 7.27. The standard InChI is InChI=1S/C15H26N2O2.HI/c1-4-6-13(5-2)9-10-17-11-14(16-12-17)7-8-15(18)19-3;/h11-13H,4-10H2,1-3H3;1H/t13-;/m0./s1. The lowest BCUT2D eigenvalue weighted by molar-refractivity contribution is -0.140. The molecular formula is C15H27IN2O2. The number of ether oxygens (including phenoxy) is 1. The van der Waals surface area contributed by atoms with E-state index in [2.05, 4.69) is 28.1 Å². The van der Waals surface area contributed by atoms with Crippen LogP contribution in [0.15, 0.2) is 12.5 Å². The van der Waals surface area contributed by atoms with Crippen LogP contribution in [0, 0.1) is 5.92 Å². The number of imidazole rings is 1. The van der Waals surface area contributed by atoms with Crippen molar-refractivity contribution in [2.75, 3.05) is 7.11 Å². The van der Waals surface area contributed by atoms with Crippen LogP contribution < -0.4 is 0 Å². The minimum Gasteiger partial charge on any atom is -0.469 e. The predicted molar refractivity (Wildman–Crippen MR) is 91.3 cm³/mol. The molecule has 1 rings (SSSR count). The minimum atomic E-state index is -0.177. The quantitative estimate of drug-likeness (QED) is 0.473. The number of halogens is 1. The van der Waals surface area contributed by atoms with Gasteiger partial charge in [0, 0.05) is 19.2 Å². The molecule has 0 aliphatic carbocycles. The summed E-state index contributed by atoms with van der Waals surface area (Å²) in [6, 6.07) is 0. The lowest BCUT2D eigenvalue weighted by atomic mass is 9.97. The maximum Gasteiger partial charge on any atom is 0.305 e. The number of nitrogens with zero attached hydrogens (tertiary/aromatic N) is 2. The van der Waals surface area contributed by atoms with E-state index in [1.54, 1.807) is 0 Å². The average molecular weight is 394 g/mol. The molecule has 0 saturated carbocycles. The van der Waals surface area contributed by atoms with Crippen LogP contribution in [0.1, 0.15) is 51.6 Å². The van der Waals surface area contributed by atoms with E-state index >= 15 is 0 Å². The molecule has 116 valence electrons. The number of rotatable bonds is 9. The van der Waals surface area contributed by atoms with Crippen LogP contribution in [0.4, 0.5) is 0 Å². The molecule has 0 N–H and O–H groups in total. The molecule has 0 radical (unpaired) electrons. The molecule has 0 aliphatic rings. The number of aromatic nitrogens is 2. The summed E-state index contributed by atoms with van der Waals surface area (Å²) >= 11 is 0. The van der Waals surface area contributed by atoms with Crippen molar-refractivity contribution in [3.05, 3.63) is 18.2 Å². The zero-order chi connectivity index (χ0) is 14.1. The molecule has 0 aromatic carbocycles. The fourth-order valence-corrected chi connectivity index (χ4v) is 2.28. The molecule has 0 unspecified atom stereocenters. The van der Waals surface area contributed by atoms with Crippen molar-refractivity contribution in [2.24, 2.45) is 5.92 Å². The Bertz CT molecular complexity index is 380. The van der Waals surface area contributed by atoms with E-state index in [1.807, 2.05) is 12.5 Å². The zero-order valence-electron chi connectivity index (χ0n) is 12.8. The van der Waals surface area contributed by atoms with Gasteiger partial charge in [-0.1, -0.05) is 33.1 Å². The van der Waals surface area contributed by atoms with E-state index in [0.717, 1.165) is 18.2 Å². The van der Waals surface area contributed by atoms with E-state index in [9.17, 15) is 4.79 Å². The molecule has 1 aromatic heterocycles. The van der Waals surface area contributed by atoms with Crippen LogP contribution in [0.3, 0.4) is 0 Å². The maximum absolute atomic E-state index is 11.1. The second-order valence-corrected chi connectivity index (χ2v) is 5.03. The molecular weight excluding hydrogens is 367 g/mol. The summed E-state index contributed by atoms with van der Waals surface area (Å²) < 4.78 is 6.76. The van der Waals surface area contributed by atoms with Crippen LogP contribution in [-0.2, 0) is 22.5 Å². The Hall–Kier alpha value is -0.590. The highest BCUT2D eigenvalue weighted by atomic mass is 127. The van der Waals surface area contributed by atoms with Crippen LogP contribution in [-0.4, -0.2) is 22.6 Å². The van der Waals surface area contributed by atoms with Gasteiger partial charge in [0.15, 0.2) is 0 Å². The molecule has 0 spiro atoms. The molecule has 0 fully saturated rings. The number of methoxy groups -OCH3 is 1. The van der Waals surface area contributed by atoms with Crippen molar-refractivity contribution < 1.29 is 9.53 Å². The minimum absolute atomic E-state index is 0. The third-order valence-corrected chi connectivity index (χ3v) is 3.57. The number of esters is 1. The van der Waals surface area contributed by atoms with Gasteiger partial charge in [-0.05, 0) is 12.3 Å². The van der Waals surface area contributed by atoms with Crippen molar-refractivity contribution in [2.45, 2.75) is 58.9 Å². The smallest absolute Gasteiger partial charge is 0.305 e. The molecule has 20 heavy (non-hydrogen) atoms. The van der Waals surface area contributed by atoms with Crippen LogP contribution in [0.25, 0.3) is 0 Å². The first kappa shape index (κ1) is 19.4. The van der Waals surface area contributed by atoms with Gasteiger partial charge in [0.2, 0.25) is 0 Å². The molecule has 0 amide bonds. The summed E-state index contributed by atoms with van der Waals surface area (Å²) in [6.45, 7) is 5.52. The van der Waals surface area contributed by atoms with Gasteiger partial charge < -0.3 is 9.30 Å². The SMILES string of the molecule is CCC[C@H](CC)CCn1cnc(CCC(=O)OC)c1.I. The molecule has 1 atom stereocenters. The highest BCUT2D eigenvalue weighted by molar-refractivity contribution is 14.0. The van der Waals surface area contributed by atoms with Crippen molar-refractivity contribution in [1.29, 1.82) is 0 Å². The Balaban J connectivity index is 0.00000361. The van der Waals surface area contributed by atoms with Crippen LogP contribution in [0.5, 0.6) is 0 Å². The molecule has 4 nitrogen and oxygen atoms in total. The van der Waals surface area contributed by atoms with Crippen molar-refractivity contribution in [3.63, 3.8) is 0 Å². The third kappa shape index (κ3) is 7.26. The highest BCUT2D eigenvalue weighted by Gasteiger charge is 2.07. The Morgan fingerprint density at radius 3 is 2.75 bits per heavy atom. The van der Waals surface area contributed by atoms with Gasteiger partial charge in [0.05, 0.1) is 25.6 Å². The third-order valence-electron chi connectivity index (χ3n) is 3.57. The Morgan fingerprint density at radius 1 is 1.40 bits per heavy atom. The number of carbonyl (C=O) groups excluding carboxylic acids is 1. The Morgan fingerprint density at radius 2 is 2.15 bits per heavy atom. The van der Waals surface area contributed by atoms with Crippen molar-refractivity contribution in [1.82, 2.24) is 9.55 Å². The highest BCUT2D eigenvalue weighted by Crippen LogP contribution is 2.16. The number of carbonyl (C=O) groups is 1. The summed E-state index contributed by atoms with van der Waals surface area (Å²) in [5.74, 6) is 0.634. The first-order chi connectivity index (χ1) is 9.19. The number of hydrogen-bond acceptors (Lipinski definition) is 3. The van der Waals surface area contributed by atoms with Crippen molar-refractivity contribution in [3.8, 4) is 0 Å². The van der Waals surface area contributed by atoms with E-state index in [4.69, 9.17) is 0 Å². The van der Waals surface area contributed by atoms with Gasteiger partial charge in [0.1, 0.15) is 0 Å². The van der Waals surface area contributed by atoms with Gasteiger partial charge in [-0.25, -0.2) is 4.98 Å². The summed E-state index contributed by atoms with van der Waals surface area (Å²) in [4.78, 5) is 15.4. The number of aryl methyl sites for hydroxylation is 2. The van der Waals surface area contributed by atoms with E-state index < -0.39 is 0 Å². The summed E-state index contributed by atoms with van der Waals surface area (Å²) in [5.41, 5.74) is 0.967. The average Bonchev–Trinajstić information content (AvgIpc) is 2.88. The molecule has 0 bridgehead atoms. The lowest BCUT2D eigenvalue weighted by Crippen LogP contribution is -2.04. The van der Waals surface area contributed by atoms with Crippen LogP contribution >= 0.6 is 24.0 Å². The largest absolute Gasteiger partial charge is 0.469 e. The van der Waals surface area contributed by atoms with Gasteiger partial charge in [-0.2, -0.15) is 0 Å². The summed E-state index contributed by atoms with van der Waals surface area (Å²) in [6.07, 6.45) is 9.99. The Kier molecular flexibility index (Phi) is 10.8. The predicted octanol–water partition coefficient (Wildman–Crippen LogP) is 3.82. The zero-order valence-corrected chi connectivity index (χ0v) is 15.1. The monoisotopic (exact) mass is 394 g/mol. The number of hydrogen-bond donors (Lipinski definition) is 0. The second kappa shape index (κ2) is 11.1. The molecule has 1 aromatic rings. The fraction of sp³-hybridized carbons (Fsp3) is 0.733. The summed E-state index contributed by atoms with van der Waals surface area (Å²) in [5, 5.41) is 0. The Labute approximate surface area is 139 Å². The topological polar surface area (TPSA) is 44.1 Å². The maximum atomic E-state index is 11.1. The normalized spacial score (nSPS) is 11.8. The molecule has 0 aliphatic heterocycles. The van der Waals surface area contributed by atoms with Crippen molar-refractivity contribution >= 4 is 29.9 Å². The van der Waals surface area contributed by atoms with E-state index in [-0.39, 0.29) is 29.9 Å². The first-order valence-corrected chi connectivity index (χ1v) is 7.27. The summed E-state index contributed by atoms with van der Waals surface area (Å²) in [7, 11) is 1.42. The van der Waals surface area contributed by atoms with Gasteiger partial charge in [0.25, 0.3) is 0 Å². The molecule has 0 saturated heterocycles. The van der Waals surface area contributed by atoms with Gasteiger partial charge >= 0.3 is 5.97 Å². The van der Waals surface area contributed by atoms with E-state index in [0.29, 0.717) is 12.8 Å². The van der Waals surface area contributed by atoms with Gasteiger partial charge in [-0.15, -0.1) is 24.0 Å². The lowest BCUT2D eigenvalue weighted by Gasteiger charge is -2.13. The van der Waals surface area contributed by atoms with Gasteiger partial charge in [-0.3, -0.25) is 4.79 Å². The van der Waals surface area contributed by atoms with Crippen LogP contribution in [0.2, 0.25) is 0 Å².